The molecule has 1 heterocycles. The third-order valence-electron chi connectivity index (χ3n) is 2.97. The molecule has 5 nitrogen and oxygen atoms in total. The molecule has 0 N–H and O–H groups in total. The zero-order valence-corrected chi connectivity index (χ0v) is 11.4. The third-order valence-corrected chi connectivity index (χ3v) is 2.97. The first-order valence-electron chi connectivity index (χ1n) is 6.74. The molecule has 2 aromatic rings. The molecule has 0 bridgehead atoms. The van der Waals surface area contributed by atoms with E-state index >= 15 is 0 Å². The van der Waals surface area contributed by atoms with Crippen LogP contribution in [0.5, 0.6) is 0 Å². The Morgan fingerprint density at radius 3 is 2.42 bits per heavy atom. The number of nitrogens with zero attached hydrogens (tertiary/aromatic N) is 3. The molecule has 0 radical (unpaired) electrons. The van der Waals surface area contributed by atoms with Crippen molar-refractivity contribution in [1.29, 1.82) is 0 Å². The van der Waals surface area contributed by atoms with Gasteiger partial charge in [0, 0.05) is 0 Å². The molecule has 1 aromatic carbocycles. The van der Waals surface area contributed by atoms with E-state index in [0.717, 1.165) is 23.9 Å². The van der Waals surface area contributed by atoms with E-state index < -0.39 is 6.04 Å². The molecule has 1 unspecified atom stereocenters. The van der Waals surface area contributed by atoms with Crippen molar-refractivity contribution in [2.24, 2.45) is 0 Å². The van der Waals surface area contributed by atoms with Crippen LogP contribution in [0.4, 0.5) is 0 Å². The summed E-state index contributed by atoms with van der Waals surface area (Å²) in [7, 11) is 0. The summed E-state index contributed by atoms with van der Waals surface area (Å²) in [5, 5.41) is 8.75. The fraction of sp³-hybridized carbons (Fsp3) is 0.500. The van der Waals surface area contributed by atoms with Gasteiger partial charge in [0.25, 0.3) is 0 Å². The zero-order chi connectivity index (χ0) is 13.7. The number of benzene rings is 1. The van der Waals surface area contributed by atoms with Crippen molar-refractivity contribution in [3.05, 3.63) is 24.3 Å². The van der Waals surface area contributed by atoms with Crippen molar-refractivity contribution in [1.82, 2.24) is 15.0 Å². The van der Waals surface area contributed by atoms with Gasteiger partial charge in [-0.1, -0.05) is 31.9 Å². The monoisotopic (exact) mass is 261 g/mol. The fourth-order valence-corrected chi connectivity index (χ4v) is 1.98. The van der Waals surface area contributed by atoms with Gasteiger partial charge in [0.2, 0.25) is 0 Å². The minimum absolute atomic E-state index is 0.253. The smallest absolute Gasteiger partial charge is 0.332 e. The Kier molecular flexibility index (Phi) is 4.49. The minimum atomic E-state index is -0.424. The first kappa shape index (κ1) is 13.5. The number of hydrogen-bond donors (Lipinski definition) is 0. The van der Waals surface area contributed by atoms with Gasteiger partial charge in [-0.3, -0.25) is 0 Å². The Balaban J connectivity index is 2.27. The topological polar surface area (TPSA) is 57.0 Å². The predicted octanol–water partition coefficient (Wildman–Crippen LogP) is 2.73. The highest BCUT2D eigenvalue weighted by molar-refractivity contribution is 5.76. The SMILES string of the molecule is CCCCC(C(=O)OCC)n1nc2ccccc2n1. The summed E-state index contributed by atoms with van der Waals surface area (Å²) in [6, 6.07) is 7.17. The van der Waals surface area contributed by atoms with Crippen LogP contribution in [-0.2, 0) is 9.53 Å². The van der Waals surface area contributed by atoms with E-state index in [0.29, 0.717) is 13.0 Å². The van der Waals surface area contributed by atoms with E-state index in [1.807, 2.05) is 31.2 Å². The highest BCUT2D eigenvalue weighted by Gasteiger charge is 2.23. The summed E-state index contributed by atoms with van der Waals surface area (Å²) in [5.41, 5.74) is 1.60. The Morgan fingerprint density at radius 2 is 1.89 bits per heavy atom. The van der Waals surface area contributed by atoms with Gasteiger partial charge in [-0.05, 0) is 25.5 Å². The van der Waals surface area contributed by atoms with Gasteiger partial charge in [-0.25, -0.2) is 4.79 Å². The molecule has 0 saturated carbocycles. The standard InChI is InChI=1S/C14H19N3O2/c1-3-5-10-13(14(18)19-4-2)17-15-11-8-6-7-9-12(11)16-17/h6-9,13H,3-5,10H2,1-2H3. The van der Waals surface area contributed by atoms with Crippen LogP contribution in [0.25, 0.3) is 11.0 Å². The summed E-state index contributed by atoms with van der Waals surface area (Å²) < 4.78 is 5.11. The Hall–Kier alpha value is -1.91. The van der Waals surface area contributed by atoms with Crippen LogP contribution < -0.4 is 0 Å². The highest BCUT2D eigenvalue weighted by atomic mass is 16.5. The van der Waals surface area contributed by atoms with Crippen molar-refractivity contribution < 1.29 is 9.53 Å². The Morgan fingerprint density at radius 1 is 1.26 bits per heavy atom. The maximum absolute atomic E-state index is 12.0. The molecular formula is C14H19N3O2. The van der Waals surface area contributed by atoms with E-state index in [2.05, 4.69) is 17.1 Å². The zero-order valence-electron chi connectivity index (χ0n) is 11.4. The second-order valence-electron chi connectivity index (χ2n) is 4.42. The molecule has 5 heteroatoms. The van der Waals surface area contributed by atoms with Crippen LogP contribution >= 0.6 is 0 Å². The lowest BCUT2D eigenvalue weighted by Crippen LogP contribution is -2.24. The highest BCUT2D eigenvalue weighted by Crippen LogP contribution is 2.18. The third kappa shape index (κ3) is 3.10. The second-order valence-corrected chi connectivity index (χ2v) is 4.42. The van der Waals surface area contributed by atoms with Crippen molar-refractivity contribution in [2.75, 3.05) is 6.61 Å². The quantitative estimate of drug-likeness (QED) is 0.750. The number of ether oxygens (including phenoxy) is 1. The lowest BCUT2D eigenvalue weighted by atomic mass is 10.1. The van der Waals surface area contributed by atoms with Crippen molar-refractivity contribution in [3.8, 4) is 0 Å². The van der Waals surface area contributed by atoms with Gasteiger partial charge in [-0.15, -0.1) is 0 Å². The van der Waals surface area contributed by atoms with Gasteiger partial charge in [0.1, 0.15) is 11.0 Å². The molecule has 0 spiro atoms. The number of carbonyl (C=O) groups excluding carboxylic acids is 1. The van der Waals surface area contributed by atoms with Crippen molar-refractivity contribution >= 4 is 17.0 Å². The van der Waals surface area contributed by atoms with E-state index in [1.165, 1.54) is 4.80 Å². The van der Waals surface area contributed by atoms with Gasteiger partial charge in [-0.2, -0.15) is 15.0 Å². The van der Waals surface area contributed by atoms with Crippen molar-refractivity contribution in [3.63, 3.8) is 0 Å². The maximum Gasteiger partial charge on any atom is 0.332 e. The summed E-state index contributed by atoms with van der Waals surface area (Å²) >= 11 is 0. The average Bonchev–Trinajstić information content (AvgIpc) is 2.83. The molecule has 0 saturated heterocycles. The van der Waals surface area contributed by atoms with E-state index in [4.69, 9.17) is 4.74 Å². The number of unbranched alkanes of at least 4 members (excludes halogenated alkanes) is 1. The lowest BCUT2D eigenvalue weighted by molar-refractivity contribution is -0.148. The van der Waals surface area contributed by atoms with Gasteiger partial charge >= 0.3 is 5.97 Å². The first-order chi connectivity index (χ1) is 9.26. The van der Waals surface area contributed by atoms with Crippen LogP contribution in [-0.4, -0.2) is 27.6 Å². The molecule has 1 atom stereocenters. The van der Waals surface area contributed by atoms with Crippen LogP contribution in [0.15, 0.2) is 24.3 Å². The molecule has 1 aromatic heterocycles. The van der Waals surface area contributed by atoms with Gasteiger partial charge < -0.3 is 4.74 Å². The second kappa shape index (κ2) is 6.31. The van der Waals surface area contributed by atoms with Gasteiger partial charge in [0.15, 0.2) is 6.04 Å². The number of aromatic nitrogens is 3. The average molecular weight is 261 g/mol. The molecule has 102 valence electrons. The van der Waals surface area contributed by atoms with E-state index in [-0.39, 0.29) is 5.97 Å². The van der Waals surface area contributed by atoms with Crippen LogP contribution in [0.3, 0.4) is 0 Å². The summed E-state index contributed by atoms with van der Waals surface area (Å²) in [6.07, 6.45) is 2.67. The molecule has 19 heavy (non-hydrogen) atoms. The fourth-order valence-electron chi connectivity index (χ4n) is 1.98. The Bertz CT molecular complexity index is 517. The molecule has 0 fully saturated rings. The van der Waals surface area contributed by atoms with E-state index in [9.17, 15) is 4.79 Å². The summed E-state index contributed by atoms with van der Waals surface area (Å²) in [4.78, 5) is 13.5. The largest absolute Gasteiger partial charge is 0.464 e. The molecule has 0 aliphatic heterocycles. The summed E-state index contributed by atoms with van der Waals surface area (Å²) in [6.45, 7) is 4.28. The molecule has 0 aliphatic carbocycles. The molecular weight excluding hydrogens is 242 g/mol. The first-order valence-corrected chi connectivity index (χ1v) is 6.74. The van der Waals surface area contributed by atoms with Crippen LogP contribution in [0.2, 0.25) is 0 Å². The lowest BCUT2D eigenvalue weighted by Gasteiger charge is -2.13. The predicted molar refractivity (Wildman–Crippen MR) is 72.7 cm³/mol. The van der Waals surface area contributed by atoms with Crippen molar-refractivity contribution in [2.45, 2.75) is 39.2 Å². The van der Waals surface area contributed by atoms with Gasteiger partial charge in [0.05, 0.1) is 6.61 Å². The number of fused-ring (bicyclic) bond motifs is 1. The number of rotatable bonds is 6. The van der Waals surface area contributed by atoms with E-state index in [1.54, 1.807) is 0 Å². The minimum Gasteiger partial charge on any atom is -0.464 e. The normalized spacial score (nSPS) is 12.5. The molecule has 0 aliphatic rings. The maximum atomic E-state index is 12.0. The summed E-state index contributed by atoms with van der Waals surface area (Å²) in [5.74, 6) is -0.253. The van der Waals surface area contributed by atoms with Crippen LogP contribution in [0, 0.1) is 0 Å². The molecule has 0 amide bonds. The Labute approximate surface area is 112 Å². The molecule has 2 rings (SSSR count). The number of esters is 1. The van der Waals surface area contributed by atoms with Crippen LogP contribution in [0.1, 0.15) is 39.2 Å². The number of hydrogen-bond acceptors (Lipinski definition) is 4. The number of carbonyl (C=O) groups is 1.